The molecule has 1 amide bonds. The van der Waals surface area contributed by atoms with Crippen LogP contribution in [0.2, 0.25) is 0 Å². The number of nitrogens with two attached hydrogens (primary N) is 1. The highest BCUT2D eigenvalue weighted by atomic mass is 32.2. The van der Waals surface area contributed by atoms with Crippen LogP contribution in [0.3, 0.4) is 0 Å². The lowest BCUT2D eigenvalue weighted by atomic mass is 10.1. The quantitative estimate of drug-likeness (QED) is 0.826. The molecule has 2 rings (SSSR count). The van der Waals surface area contributed by atoms with Crippen molar-refractivity contribution in [2.24, 2.45) is 5.73 Å². The number of hydrogen-bond acceptors (Lipinski definition) is 4. The third kappa shape index (κ3) is 3.97. The molecule has 6 nitrogen and oxygen atoms in total. The van der Waals surface area contributed by atoms with Crippen molar-refractivity contribution in [3.8, 4) is 0 Å². The first-order chi connectivity index (χ1) is 10.7. The summed E-state index contributed by atoms with van der Waals surface area (Å²) < 4.78 is 51.2. The number of alkyl halides is 2. The largest absolute Gasteiger partial charge is 0.346 e. The Morgan fingerprint density at radius 3 is 2.65 bits per heavy atom. The molecule has 1 heterocycles. The minimum atomic E-state index is -3.30. The van der Waals surface area contributed by atoms with Gasteiger partial charge < -0.3 is 11.1 Å². The van der Waals surface area contributed by atoms with Gasteiger partial charge >= 0.3 is 0 Å². The van der Waals surface area contributed by atoms with Gasteiger partial charge in [-0.25, -0.2) is 17.2 Å². The van der Waals surface area contributed by atoms with Crippen LogP contribution >= 0.6 is 0 Å². The zero-order valence-electron chi connectivity index (χ0n) is 12.7. The number of amides is 1. The molecule has 0 radical (unpaired) electrons. The SMILES string of the molecule is Cc1cc(N2CCCS2(=O)=O)ccc1C(=O)NCC(F)(F)CN. The van der Waals surface area contributed by atoms with E-state index in [-0.39, 0.29) is 11.3 Å². The van der Waals surface area contributed by atoms with Crippen molar-refractivity contribution in [1.29, 1.82) is 0 Å². The second kappa shape index (κ2) is 6.40. The van der Waals surface area contributed by atoms with Gasteiger partial charge in [-0.15, -0.1) is 0 Å². The van der Waals surface area contributed by atoms with E-state index in [2.05, 4.69) is 5.32 Å². The summed E-state index contributed by atoms with van der Waals surface area (Å²) in [5, 5.41) is 2.14. The average Bonchev–Trinajstić information content (AvgIpc) is 2.84. The van der Waals surface area contributed by atoms with Crippen molar-refractivity contribution in [2.75, 3.05) is 29.7 Å². The molecule has 1 aliphatic heterocycles. The Labute approximate surface area is 133 Å². The maximum atomic E-state index is 13.1. The van der Waals surface area contributed by atoms with E-state index in [0.717, 1.165) is 0 Å². The van der Waals surface area contributed by atoms with E-state index in [0.29, 0.717) is 24.2 Å². The molecule has 0 unspecified atom stereocenters. The highest BCUT2D eigenvalue weighted by Gasteiger charge is 2.30. The summed E-state index contributed by atoms with van der Waals surface area (Å²) >= 11 is 0. The summed E-state index contributed by atoms with van der Waals surface area (Å²) in [6.45, 7) is 0.334. The van der Waals surface area contributed by atoms with Crippen molar-refractivity contribution in [2.45, 2.75) is 19.3 Å². The van der Waals surface area contributed by atoms with E-state index in [1.807, 2.05) is 0 Å². The maximum absolute atomic E-state index is 13.1. The standard InChI is InChI=1S/C14H19F2N3O3S/c1-10-7-11(19-5-2-6-23(19,21)22)3-4-12(10)13(20)18-9-14(15,16)8-17/h3-4,7H,2,5-6,8-9,17H2,1H3,(H,18,20). The molecule has 0 aliphatic carbocycles. The minimum Gasteiger partial charge on any atom is -0.346 e. The van der Waals surface area contributed by atoms with E-state index in [9.17, 15) is 22.0 Å². The first-order valence-corrected chi connectivity index (χ1v) is 8.74. The molecule has 0 atom stereocenters. The van der Waals surface area contributed by atoms with Crippen LogP contribution in [0.1, 0.15) is 22.3 Å². The van der Waals surface area contributed by atoms with Gasteiger partial charge in [0.25, 0.3) is 11.8 Å². The summed E-state index contributed by atoms with van der Waals surface area (Å²) in [5.41, 5.74) is 6.12. The first-order valence-electron chi connectivity index (χ1n) is 7.13. The molecule has 0 bridgehead atoms. The minimum absolute atomic E-state index is 0.0997. The molecule has 0 aromatic heterocycles. The predicted octanol–water partition coefficient (Wildman–Crippen LogP) is 0.859. The number of carbonyl (C=O) groups is 1. The molecule has 128 valence electrons. The summed E-state index contributed by atoms with van der Waals surface area (Å²) in [4.78, 5) is 12.0. The number of rotatable bonds is 5. The van der Waals surface area contributed by atoms with Crippen LogP contribution in [-0.2, 0) is 10.0 Å². The summed E-state index contributed by atoms with van der Waals surface area (Å²) in [6.07, 6.45) is 0.553. The molecule has 1 saturated heterocycles. The van der Waals surface area contributed by atoms with Gasteiger partial charge in [0.15, 0.2) is 0 Å². The average molecular weight is 347 g/mol. The third-order valence-corrected chi connectivity index (χ3v) is 5.52. The molecule has 0 saturated carbocycles. The van der Waals surface area contributed by atoms with E-state index in [1.54, 1.807) is 13.0 Å². The maximum Gasteiger partial charge on any atom is 0.277 e. The Balaban J connectivity index is 2.15. The fraction of sp³-hybridized carbons (Fsp3) is 0.500. The highest BCUT2D eigenvalue weighted by Crippen LogP contribution is 2.26. The van der Waals surface area contributed by atoms with Crippen molar-refractivity contribution >= 4 is 21.6 Å². The summed E-state index contributed by atoms with van der Waals surface area (Å²) in [6, 6.07) is 4.51. The summed E-state index contributed by atoms with van der Waals surface area (Å²) in [7, 11) is -3.30. The van der Waals surface area contributed by atoms with Gasteiger partial charge in [-0.2, -0.15) is 0 Å². The zero-order valence-corrected chi connectivity index (χ0v) is 13.5. The first kappa shape index (κ1) is 17.6. The Hall–Kier alpha value is -1.74. The summed E-state index contributed by atoms with van der Waals surface area (Å²) in [5.74, 6) is -3.71. The van der Waals surface area contributed by atoms with Crippen molar-refractivity contribution in [1.82, 2.24) is 5.32 Å². The topological polar surface area (TPSA) is 92.5 Å². The number of nitrogens with zero attached hydrogens (tertiary/aromatic N) is 1. The van der Waals surface area contributed by atoms with Crippen molar-refractivity contribution in [3.63, 3.8) is 0 Å². The lowest BCUT2D eigenvalue weighted by Gasteiger charge is -2.19. The number of aryl methyl sites for hydroxylation is 1. The molecular weight excluding hydrogens is 328 g/mol. The predicted molar refractivity (Wildman–Crippen MR) is 83.3 cm³/mol. The van der Waals surface area contributed by atoms with Gasteiger partial charge in [0.05, 0.1) is 24.5 Å². The lowest BCUT2D eigenvalue weighted by Crippen LogP contribution is -2.41. The van der Waals surface area contributed by atoms with Crippen LogP contribution in [0.15, 0.2) is 18.2 Å². The van der Waals surface area contributed by atoms with Gasteiger partial charge in [-0.05, 0) is 37.1 Å². The van der Waals surface area contributed by atoms with Crippen LogP contribution < -0.4 is 15.4 Å². The second-order valence-electron chi connectivity index (χ2n) is 5.48. The number of anilines is 1. The molecule has 0 spiro atoms. The van der Waals surface area contributed by atoms with Crippen molar-refractivity contribution in [3.05, 3.63) is 29.3 Å². The molecule has 1 aromatic carbocycles. The lowest BCUT2D eigenvalue weighted by molar-refractivity contribution is 0.0118. The molecule has 3 N–H and O–H groups in total. The number of carbonyl (C=O) groups excluding carboxylic acids is 1. The molecule has 1 fully saturated rings. The van der Waals surface area contributed by atoms with Crippen molar-refractivity contribution < 1.29 is 22.0 Å². The van der Waals surface area contributed by atoms with Gasteiger partial charge in [0.2, 0.25) is 10.0 Å². The fourth-order valence-corrected chi connectivity index (χ4v) is 3.92. The Kier molecular flexibility index (Phi) is 4.90. The van der Waals surface area contributed by atoms with Crippen LogP contribution in [0.5, 0.6) is 0 Å². The van der Waals surface area contributed by atoms with Gasteiger partial charge in [0, 0.05) is 12.1 Å². The van der Waals surface area contributed by atoms with Gasteiger partial charge in [-0.1, -0.05) is 0 Å². The number of benzene rings is 1. The molecule has 23 heavy (non-hydrogen) atoms. The molecular formula is C14H19F2N3O3S. The zero-order chi connectivity index (χ0) is 17.3. The normalized spacial score (nSPS) is 17.3. The fourth-order valence-electron chi connectivity index (χ4n) is 2.36. The number of hydrogen-bond donors (Lipinski definition) is 2. The number of nitrogens with one attached hydrogen (secondary N) is 1. The molecule has 9 heteroatoms. The van der Waals surface area contributed by atoms with E-state index in [1.165, 1.54) is 16.4 Å². The molecule has 1 aromatic rings. The second-order valence-corrected chi connectivity index (χ2v) is 7.50. The van der Waals surface area contributed by atoms with Crippen LogP contribution in [0.4, 0.5) is 14.5 Å². The number of sulfonamides is 1. The third-order valence-electron chi connectivity index (χ3n) is 3.65. The number of halogens is 2. The smallest absolute Gasteiger partial charge is 0.277 e. The van der Waals surface area contributed by atoms with Crippen LogP contribution in [0, 0.1) is 6.92 Å². The van der Waals surface area contributed by atoms with Gasteiger partial charge in [-0.3, -0.25) is 9.10 Å². The van der Waals surface area contributed by atoms with Gasteiger partial charge in [0.1, 0.15) is 0 Å². The Morgan fingerprint density at radius 1 is 1.43 bits per heavy atom. The van der Waals surface area contributed by atoms with E-state index < -0.39 is 34.9 Å². The van der Waals surface area contributed by atoms with E-state index in [4.69, 9.17) is 5.73 Å². The van der Waals surface area contributed by atoms with E-state index >= 15 is 0 Å². The Bertz CT molecular complexity index is 707. The monoisotopic (exact) mass is 347 g/mol. The highest BCUT2D eigenvalue weighted by molar-refractivity contribution is 7.93. The van der Waals surface area contributed by atoms with Crippen LogP contribution in [0.25, 0.3) is 0 Å². The Morgan fingerprint density at radius 2 is 2.13 bits per heavy atom. The molecule has 1 aliphatic rings. The van der Waals surface area contributed by atoms with Crippen LogP contribution in [-0.4, -0.2) is 45.6 Å².